The molecular formula is C17H21NO3. The fourth-order valence-electron chi connectivity index (χ4n) is 3.92. The normalized spacial score (nSPS) is 28.1. The molecule has 1 aliphatic carbocycles. The van der Waals surface area contributed by atoms with Crippen molar-refractivity contribution in [1.29, 1.82) is 0 Å². The molecule has 4 heteroatoms. The Bertz CT molecular complexity index is 610. The predicted octanol–water partition coefficient (Wildman–Crippen LogP) is 1.70. The molecule has 1 fully saturated rings. The maximum Gasteiger partial charge on any atom is 0.321 e. The van der Waals surface area contributed by atoms with Gasteiger partial charge < -0.3 is 9.64 Å². The summed E-state index contributed by atoms with van der Waals surface area (Å²) in [6, 6.07) is 6.08. The van der Waals surface area contributed by atoms with E-state index in [1.165, 1.54) is 0 Å². The number of hydrogen-bond acceptors (Lipinski definition) is 4. The van der Waals surface area contributed by atoms with E-state index in [1.807, 2.05) is 32.2 Å². The number of ketones is 1. The molecule has 0 unspecified atom stereocenters. The van der Waals surface area contributed by atoms with E-state index < -0.39 is 5.41 Å². The molecule has 4 nitrogen and oxygen atoms in total. The van der Waals surface area contributed by atoms with E-state index in [4.69, 9.17) is 4.74 Å². The molecule has 0 aromatic heterocycles. The lowest BCUT2D eigenvalue weighted by Crippen LogP contribution is -2.60. The van der Waals surface area contributed by atoms with Crippen molar-refractivity contribution in [2.75, 3.05) is 26.7 Å². The molecule has 21 heavy (non-hydrogen) atoms. The molecule has 1 aromatic carbocycles. The molecule has 1 aromatic rings. The number of carbonyl (C=O) groups is 2. The maximum atomic E-state index is 13.0. The van der Waals surface area contributed by atoms with Gasteiger partial charge in [-0.05, 0) is 44.0 Å². The highest BCUT2D eigenvalue weighted by Gasteiger charge is 2.57. The van der Waals surface area contributed by atoms with Crippen molar-refractivity contribution in [2.45, 2.75) is 26.2 Å². The van der Waals surface area contributed by atoms with Crippen LogP contribution in [0.15, 0.2) is 18.2 Å². The lowest BCUT2D eigenvalue weighted by atomic mass is 9.62. The topological polar surface area (TPSA) is 46.6 Å². The van der Waals surface area contributed by atoms with Gasteiger partial charge in [0.1, 0.15) is 5.41 Å². The van der Waals surface area contributed by atoms with E-state index in [9.17, 15) is 9.59 Å². The molecule has 0 amide bonds. The number of carbonyl (C=O) groups excluding carboxylic acids is 2. The maximum absolute atomic E-state index is 13.0. The number of fused-ring (bicyclic) bond motifs is 4. The average Bonchev–Trinajstić information content (AvgIpc) is 2.41. The van der Waals surface area contributed by atoms with Gasteiger partial charge in [-0.3, -0.25) is 9.59 Å². The Labute approximate surface area is 125 Å². The second-order valence-electron chi connectivity index (χ2n) is 6.24. The summed E-state index contributed by atoms with van der Waals surface area (Å²) in [6.45, 7) is 5.26. The van der Waals surface area contributed by atoms with Gasteiger partial charge in [-0.25, -0.2) is 0 Å². The van der Waals surface area contributed by atoms with Gasteiger partial charge in [-0.15, -0.1) is 0 Å². The van der Waals surface area contributed by atoms with Crippen molar-refractivity contribution in [2.24, 2.45) is 5.41 Å². The third-order valence-electron chi connectivity index (χ3n) is 4.74. The summed E-state index contributed by atoms with van der Waals surface area (Å²) in [6.07, 6.45) is 0.461. The molecule has 0 saturated carbocycles. The number of likely N-dealkylation sites (tertiary alicyclic amines) is 1. The van der Waals surface area contributed by atoms with Crippen LogP contribution in [0.25, 0.3) is 0 Å². The average molecular weight is 287 g/mol. The van der Waals surface area contributed by atoms with Gasteiger partial charge >= 0.3 is 5.97 Å². The number of piperidine rings is 1. The molecule has 2 atom stereocenters. The summed E-state index contributed by atoms with van der Waals surface area (Å²) in [5.74, 6) is -0.530. The zero-order chi connectivity index (χ0) is 15.2. The number of rotatable bonds is 2. The summed E-state index contributed by atoms with van der Waals surface area (Å²) in [5.41, 5.74) is 2.36. The van der Waals surface area contributed by atoms with E-state index in [1.54, 1.807) is 6.92 Å². The Hall–Kier alpha value is -1.68. The SMILES string of the molecule is CCOC(=O)[C@@]12Cc3cccc(C)c3[C@@H](CN(C)C1)C2=O. The summed E-state index contributed by atoms with van der Waals surface area (Å²) >= 11 is 0. The van der Waals surface area contributed by atoms with Crippen LogP contribution in [0.3, 0.4) is 0 Å². The minimum Gasteiger partial charge on any atom is -0.465 e. The predicted molar refractivity (Wildman–Crippen MR) is 79.2 cm³/mol. The van der Waals surface area contributed by atoms with E-state index in [0.717, 1.165) is 16.7 Å². The number of esters is 1. The molecule has 2 bridgehead atoms. The molecule has 3 rings (SSSR count). The number of Topliss-reactive ketones (excluding diaryl/α,β-unsaturated/α-hetero) is 1. The smallest absolute Gasteiger partial charge is 0.321 e. The first kappa shape index (κ1) is 14.3. The molecule has 112 valence electrons. The van der Waals surface area contributed by atoms with Crippen LogP contribution in [0.1, 0.15) is 29.5 Å². The van der Waals surface area contributed by atoms with Crippen molar-refractivity contribution in [3.05, 3.63) is 34.9 Å². The summed E-state index contributed by atoms with van der Waals surface area (Å²) in [7, 11) is 1.97. The second kappa shape index (κ2) is 4.95. The first-order chi connectivity index (χ1) is 9.99. The van der Waals surface area contributed by atoms with Crippen LogP contribution in [0.2, 0.25) is 0 Å². The van der Waals surface area contributed by atoms with Crippen molar-refractivity contribution >= 4 is 11.8 Å². The molecule has 1 saturated heterocycles. The number of likely N-dealkylation sites (N-methyl/N-ethyl adjacent to an activating group) is 1. The monoisotopic (exact) mass is 287 g/mol. The summed E-state index contributed by atoms with van der Waals surface area (Å²) in [4.78, 5) is 27.6. The standard InChI is InChI=1S/C17H21NO3/c1-4-21-16(20)17-8-12-7-5-6-11(2)14(12)13(15(17)19)9-18(3)10-17/h5-7,13H,4,8-10H2,1-3H3/t13-,17+/m1/s1. The Balaban J connectivity index is 2.14. The number of aryl methyl sites for hydroxylation is 1. The van der Waals surface area contributed by atoms with Crippen LogP contribution in [0.5, 0.6) is 0 Å². The van der Waals surface area contributed by atoms with E-state index in [-0.39, 0.29) is 17.7 Å². The third-order valence-corrected chi connectivity index (χ3v) is 4.74. The summed E-state index contributed by atoms with van der Waals surface area (Å²) < 4.78 is 5.24. The molecule has 0 N–H and O–H groups in total. The molecule has 1 heterocycles. The van der Waals surface area contributed by atoms with Gasteiger partial charge in [0.2, 0.25) is 0 Å². The number of nitrogens with zero attached hydrogens (tertiary/aromatic N) is 1. The van der Waals surface area contributed by atoms with Gasteiger partial charge in [0.15, 0.2) is 5.78 Å². The molecule has 0 radical (unpaired) electrons. The lowest BCUT2D eigenvalue weighted by molar-refractivity contribution is -0.165. The molecule has 2 aliphatic rings. The highest BCUT2D eigenvalue weighted by molar-refractivity contribution is 6.09. The zero-order valence-electron chi connectivity index (χ0n) is 12.8. The van der Waals surface area contributed by atoms with E-state index >= 15 is 0 Å². The largest absolute Gasteiger partial charge is 0.465 e. The quantitative estimate of drug-likeness (QED) is 0.613. The van der Waals surface area contributed by atoms with Crippen molar-refractivity contribution in [3.63, 3.8) is 0 Å². The van der Waals surface area contributed by atoms with Crippen molar-refractivity contribution in [1.82, 2.24) is 4.90 Å². The minimum atomic E-state index is -1.02. The summed E-state index contributed by atoms with van der Waals surface area (Å²) in [5, 5.41) is 0. The molecule has 1 aliphatic heterocycles. The molecular weight excluding hydrogens is 266 g/mol. The third kappa shape index (κ3) is 2.01. The Morgan fingerprint density at radius 1 is 1.48 bits per heavy atom. The van der Waals surface area contributed by atoms with Crippen LogP contribution >= 0.6 is 0 Å². The van der Waals surface area contributed by atoms with Crippen LogP contribution in [0.4, 0.5) is 0 Å². The lowest BCUT2D eigenvalue weighted by Gasteiger charge is -2.46. The fourth-order valence-corrected chi connectivity index (χ4v) is 3.92. The number of benzene rings is 1. The zero-order valence-corrected chi connectivity index (χ0v) is 12.8. The minimum absolute atomic E-state index is 0.0425. The Kier molecular flexibility index (Phi) is 3.36. The van der Waals surface area contributed by atoms with Gasteiger partial charge in [0.05, 0.1) is 12.5 Å². The Morgan fingerprint density at radius 3 is 2.95 bits per heavy atom. The molecule has 0 spiro atoms. The van der Waals surface area contributed by atoms with Crippen LogP contribution in [-0.4, -0.2) is 43.4 Å². The van der Waals surface area contributed by atoms with Gasteiger partial charge in [-0.1, -0.05) is 18.2 Å². The number of ether oxygens (including phenoxy) is 1. The Morgan fingerprint density at radius 2 is 2.24 bits per heavy atom. The van der Waals surface area contributed by atoms with Gasteiger partial charge in [-0.2, -0.15) is 0 Å². The van der Waals surface area contributed by atoms with Crippen LogP contribution in [0, 0.1) is 12.3 Å². The highest BCUT2D eigenvalue weighted by Crippen LogP contribution is 2.45. The van der Waals surface area contributed by atoms with E-state index in [2.05, 4.69) is 4.90 Å². The highest BCUT2D eigenvalue weighted by atomic mass is 16.5. The van der Waals surface area contributed by atoms with E-state index in [0.29, 0.717) is 26.1 Å². The first-order valence-corrected chi connectivity index (χ1v) is 7.48. The second-order valence-corrected chi connectivity index (χ2v) is 6.24. The van der Waals surface area contributed by atoms with Gasteiger partial charge in [0.25, 0.3) is 0 Å². The van der Waals surface area contributed by atoms with Crippen LogP contribution in [-0.2, 0) is 20.7 Å². The first-order valence-electron chi connectivity index (χ1n) is 7.48. The fraction of sp³-hybridized carbons (Fsp3) is 0.529. The van der Waals surface area contributed by atoms with Crippen molar-refractivity contribution < 1.29 is 14.3 Å². The number of hydrogen-bond donors (Lipinski definition) is 0. The van der Waals surface area contributed by atoms with Crippen LogP contribution < -0.4 is 0 Å². The van der Waals surface area contributed by atoms with Crippen molar-refractivity contribution in [3.8, 4) is 0 Å². The van der Waals surface area contributed by atoms with Gasteiger partial charge in [0, 0.05) is 13.1 Å².